The van der Waals surface area contributed by atoms with Gasteiger partial charge in [-0.15, -0.1) is 0 Å². The lowest BCUT2D eigenvalue weighted by atomic mass is 9.98. The topological polar surface area (TPSA) is 138 Å². The molecular weight excluding hydrogens is 564 g/mol. The number of rotatable bonds is 5. The standard InChI is InChI=1S/C34H18N2O8/c37-29(19-11-3-1-4-12-19)26-28-34(41)43-24-18-10-8-16-22(24)36(28)31(38)25(30(26)44-32(39)20-13-5-2-6-14-20)27-33(40)42-23-17-9-7-15-21(23)35-27/h1-18H. The first-order valence-electron chi connectivity index (χ1n) is 13.3. The summed E-state index contributed by atoms with van der Waals surface area (Å²) in [5.41, 5.74) is -4.29. The third-order valence-corrected chi connectivity index (χ3v) is 7.03. The number of para-hydroxylation sites is 4. The molecule has 4 aromatic carbocycles. The Hall–Kier alpha value is -6.42. The van der Waals surface area contributed by atoms with E-state index in [0.717, 1.165) is 4.40 Å². The Morgan fingerprint density at radius 2 is 1.25 bits per heavy atom. The van der Waals surface area contributed by atoms with E-state index in [-0.39, 0.29) is 33.3 Å². The lowest BCUT2D eigenvalue weighted by Crippen LogP contribution is -2.29. The molecule has 0 atom stereocenters. The third-order valence-electron chi connectivity index (χ3n) is 7.03. The number of carbonyl (C=O) groups is 2. The summed E-state index contributed by atoms with van der Waals surface area (Å²) in [6.45, 7) is 0. The summed E-state index contributed by atoms with van der Waals surface area (Å²) in [7, 11) is 0. The van der Waals surface area contributed by atoms with Crippen LogP contribution in [-0.2, 0) is 0 Å². The van der Waals surface area contributed by atoms with Crippen molar-refractivity contribution in [3.05, 3.63) is 157 Å². The fourth-order valence-electron chi connectivity index (χ4n) is 5.04. The molecule has 0 aliphatic carbocycles. The predicted octanol–water partition coefficient (Wildman–Crippen LogP) is 5.02. The number of ketones is 1. The van der Waals surface area contributed by atoms with Gasteiger partial charge in [0.2, 0.25) is 0 Å². The molecule has 7 rings (SSSR count). The van der Waals surface area contributed by atoms with Gasteiger partial charge in [-0.25, -0.2) is 19.4 Å². The van der Waals surface area contributed by atoms with Crippen LogP contribution in [0.5, 0.6) is 5.75 Å². The first kappa shape index (κ1) is 26.5. The molecule has 3 aromatic heterocycles. The first-order chi connectivity index (χ1) is 21.4. The van der Waals surface area contributed by atoms with E-state index in [1.807, 2.05) is 0 Å². The minimum atomic E-state index is -1.04. The van der Waals surface area contributed by atoms with Crippen LogP contribution < -0.4 is 21.5 Å². The summed E-state index contributed by atoms with van der Waals surface area (Å²) in [5.74, 6) is -2.35. The zero-order chi connectivity index (χ0) is 30.4. The van der Waals surface area contributed by atoms with Gasteiger partial charge in [0, 0.05) is 5.56 Å². The summed E-state index contributed by atoms with van der Waals surface area (Å²) in [5, 5.41) is 0. The number of nitrogens with zero attached hydrogens (tertiary/aromatic N) is 2. The van der Waals surface area contributed by atoms with E-state index in [1.165, 1.54) is 42.5 Å². The van der Waals surface area contributed by atoms with Gasteiger partial charge >= 0.3 is 17.2 Å². The van der Waals surface area contributed by atoms with Crippen LogP contribution in [-0.4, -0.2) is 21.1 Å². The molecule has 212 valence electrons. The molecule has 0 spiro atoms. The lowest BCUT2D eigenvalue weighted by Gasteiger charge is -2.17. The van der Waals surface area contributed by atoms with E-state index < -0.39 is 56.7 Å². The smallest absolute Gasteiger partial charge is 0.363 e. The maximum Gasteiger partial charge on any atom is 0.363 e. The molecule has 10 heteroatoms. The van der Waals surface area contributed by atoms with Crippen molar-refractivity contribution in [2.24, 2.45) is 0 Å². The Morgan fingerprint density at radius 3 is 1.98 bits per heavy atom. The Morgan fingerprint density at radius 1 is 0.659 bits per heavy atom. The van der Waals surface area contributed by atoms with Gasteiger partial charge < -0.3 is 13.6 Å². The molecule has 0 radical (unpaired) electrons. The van der Waals surface area contributed by atoms with E-state index in [9.17, 15) is 24.0 Å². The van der Waals surface area contributed by atoms with Gasteiger partial charge in [0.25, 0.3) is 5.56 Å². The van der Waals surface area contributed by atoms with E-state index in [2.05, 4.69) is 4.98 Å². The second-order valence-electron chi connectivity index (χ2n) is 9.69. The molecule has 0 bridgehead atoms. The van der Waals surface area contributed by atoms with Gasteiger partial charge in [0.15, 0.2) is 33.9 Å². The largest absolute Gasteiger partial charge is 0.421 e. The van der Waals surface area contributed by atoms with E-state index in [0.29, 0.717) is 0 Å². The van der Waals surface area contributed by atoms with Gasteiger partial charge in [-0.05, 0) is 36.4 Å². The van der Waals surface area contributed by atoms with E-state index >= 15 is 0 Å². The molecule has 0 aliphatic heterocycles. The fourth-order valence-corrected chi connectivity index (χ4v) is 5.04. The Balaban J connectivity index is 1.69. The van der Waals surface area contributed by atoms with Crippen molar-refractivity contribution in [3.8, 4) is 17.0 Å². The molecule has 0 saturated carbocycles. The van der Waals surface area contributed by atoms with Crippen LogP contribution in [0.2, 0.25) is 0 Å². The number of hydrogen-bond acceptors (Lipinski definition) is 9. The molecule has 0 saturated heterocycles. The number of aromatic nitrogens is 2. The van der Waals surface area contributed by atoms with E-state index in [1.54, 1.807) is 66.7 Å². The normalized spacial score (nSPS) is 11.2. The SMILES string of the molecule is O=C(Oc1c(-c2nc3ccccc3oc2=O)c(=O)n2c(c1C(=O)c1ccccc1)c(=O)oc1ccccc12)c1ccccc1. The number of ether oxygens (including phenoxy) is 1. The molecule has 0 amide bonds. The minimum absolute atomic E-state index is 0.0451. The predicted molar refractivity (Wildman–Crippen MR) is 160 cm³/mol. The quantitative estimate of drug-likeness (QED) is 0.155. The van der Waals surface area contributed by atoms with Crippen LogP contribution in [0.3, 0.4) is 0 Å². The van der Waals surface area contributed by atoms with Crippen molar-refractivity contribution in [2.75, 3.05) is 0 Å². The number of pyridine rings is 1. The minimum Gasteiger partial charge on any atom is -0.421 e. The molecule has 7 aromatic rings. The molecular formula is C34H18N2O8. The van der Waals surface area contributed by atoms with Crippen molar-refractivity contribution in [2.45, 2.75) is 0 Å². The zero-order valence-electron chi connectivity index (χ0n) is 22.6. The molecule has 0 aliphatic rings. The van der Waals surface area contributed by atoms with Gasteiger partial charge in [0.05, 0.1) is 16.6 Å². The molecule has 44 heavy (non-hydrogen) atoms. The summed E-state index contributed by atoms with van der Waals surface area (Å²) < 4.78 is 17.8. The molecule has 0 N–H and O–H groups in total. The number of hydrogen-bond donors (Lipinski definition) is 0. The maximum atomic E-state index is 14.5. The van der Waals surface area contributed by atoms with Crippen molar-refractivity contribution < 1.29 is 23.2 Å². The molecule has 0 unspecified atom stereocenters. The second-order valence-corrected chi connectivity index (χ2v) is 9.69. The summed E-state index contributed by atoms with van der Waals surface area (Å²) in [6.07, 6.45) is 0. The monoisotopic (exact) mass is 582 g/mol. The second kappa shape index (κ2) is 10.4. The van der Waals surface area contributed by atoms with Gasteiger partial charge in [-0.2, -0.15) is 0 Å². The molecule has 10 nitrogen and oxygen atoms in total. The summed E-state index contributed by atoms with van der Waals surface area (Å²) >= 11 is 0. The zero-order valence-corrected chi connectivity index (χ0v) is 22.6. The number of carbonyl (C=O) groups excluding carboxylic acids is 2. The fraction of sp³-hybridized carbons (Fsp3) is 0. The average molecular weight is 583 g/mol. The average Bonchev–Trinajstić information content (AvgIpc) is 3.05. The number of benzene rings is 4. The van der Waals surface area contributed by atoms with Gasteiger partial charge in [0.1, 0.15) is 11.1 Å². The van der Waals surface area contributed by atoms with Gasteiger partial charge in [-0.3, -0.25) is 14.0 Å². The van der Waals surface area contributed by atoms with Crippen LogP contribution in [0, 0.1) is 0 Å². The van der Waals surface area contributed by atoms with E-state index in [4.69, 9.17) is 13.6 Å². The van der Waals surface area contributed by atoms with Crippen molar-refractivity contribution in [3.63, 3.8) is 0 Å². The van der Waals surface area contributed by atoms with Crippen LogP contribution in [0.25, 0.3) is 39.0 Å². The lowest BCUT2D eigenvalue weighted by molar-refractivity contribution is 0.0733. The van der Waals surface area contributed by atoms with Crippen LogP contribution >= 0.6 is 0 Å². The highest BCUT2D eigenvalue weighted by Gasteiger charge is 2.33. The van der Waals surface area contributed by atoms with Crippen molar-refractivity contribution in [1.82, 2.24) is 9.38 Å². The number of esters is 1. The van der Waals surface area contributed by atoms with Crippen molar-refractivity contribution in [1.29, 1.82) is 0 Å². The Labute approximate surface area is 246 Å². The first-order valence-corrected chi connectivity index (χ1v) is 13.3. The third kappa shape index (κ3) is 4.29. The molecule has 3 heterocycles. The highest BCUT2D eigenvalue weighted by atomic mass is 16.5. The Kier molecular flexibility index (Phi) is 6.29. The summed E-state index contributed by atoms with van der Waals surface area (Å²) in [4.78, 5) is 73.7. The highest BCUT2D eigenvalue weighted by molar-refractivity contribution is 6.16. The van der Waals surface area contributed by atoms with Crippen LogP contribution in [0.1, 0.15) is 26.3 Å². The van der Waals surface area contributed by atoms with Crippen LogP contribution in [0.4, 0.5) is 0 Å². The number of fused-ring (bicyclic) bond motifs is 4. The molecule has 0 fully saturated rings. The highest BCUT2D eigenvalue weighted by Crippen LogP contribution is 2.34. The van der Waals surface area contributed by atoms with Crippen molar-refractivity contribution >= 4 is 39.5 Å². The maximum absolute atomic E-state index is 14.5. The summed E-state index contributed by atoms with van der Waals surface area (Å²) in [6, 6.07) is 28.3. The van der Waals surface area contributed by atoms with Crippen LogP contribution in [0.15, 0.2) is 132 Å². The van der Waals surface area contributed by atoms with Gasteiger partial charge in [-0.1, -0.05) is 72.8 Å². The Bertz CT molecular complexity index is 2460.